The second-order valence-electron chi connectivity index (χ2n) is 4.06. The van der Waals surface area contributed by atoms with E-state index in [-0.39, 0.29) is 17.3 Å². The molecule has 0 unspecified atom stereocenters. The monoisotopic (exact) mass is 272 g/mol. The van der Waals surface area contributed by atoms with E-state index in [1.165, 1.54) is 7.11 Å². The normalized spacial score (nSPS) is 16.7. The van der Waals surface area contributed by atoms with E-state index in [1.807, 2.05) is 0 Å². The van der Waals surface area contributed by atoms with Gasteiger partial charge in [-0.2, -0.15) is 0 Å². The van der Waals surface area contributed by atoms with Gasteiger partial charge in [-0.15, -0.1) is 0 Å². The predicted octanol–water partition coefficient (Wildman–Crippen LogP) is -0.0159. The average Bonchev–Trinajstić information content (AvgIpc) is 2.70. The number of hydrogen-bond donors (Lipinski definition) is 1. The summed E-state index contributed by atoms with van der Waals surface area (Å²) in [5, 5.41) is 0. The van der Waals surface area contributed by atoms with Crippen LogP contribution in [0.5, 0.6) is 0 Å². The molecule has 1 N–H and O–H groups in total. The predicted molar refractivity (Wildman–Crippen MR) is 66.8 cm³/mol. The van der Waals surface area contributed by atoms with E-state index in [2.05, 4.69) is 14.6 Å². The number of thiazole rings is 1. The fourth-order valence-corrected chi connectivity index (χ4v) is 2.73. The highest BCUT2D eigenvalue weighted by atomic mass is 32.1. The molecule has 100 valence electrons. The van der Waals surface area contributed by atoms with Gasteiger partial charge in [-0.1, -0.05) is 11.3 Å². The van der Waals surface area contributed by atoms with E-state index >= 15 is 0 Å². The van der Waals surface area contributed by atoms with Crippen LogP contribution < -0.4 is 4.87 Å². The van der Waals surface area contributed by atoms with E-state index in [9.17, 15) is 9.59 Å². The van der Waals surface area contributed by atoms with Crippen molar-refractivity contribution < 1.29 is 14.3 Å². The standard InChI is InChI=1S/C11H16N2O4S/c1-16-10(14)6-8-9(18-11(15)12-8)7-13-2-4-17-5-3-13/h2-7H2,1H3,(H,12,15). The third-order valence-electron chi connectivity index (χ3n) is 2.83. The van der Waals surface area contributed by atoms with Crippen LogP contribution in [0.2, 0.25) is 0 Å². The van der Waals surface area contributed by atoms with Crippen molar-refractivity contribution in [3.63, 3.8) is 0 Å². The van der Waals surface area contributed by atoms with Crippen LogP contribution in [0.15, 0.2) is 4.79 Å². The minimum atomic E-state index is -0.340. The number of aromatic amines is 1. The molecular formula is C11H16N2O4S. The summed E-state index contributed by atoms with van der Waals surface area (Å²) in [7, 11) is 1.34. The number of esters is 1. The summed E-state index contributed by atoms with van der Waals surface area (Å²) in [4.78, 5) is 28.3. The first-order chi connectivity index (χ1) is 8.69. The maximum atomic E-state index is 11.4. The fourth-order valence-electron chi connectivity index (χ4n) is 1.84. The maximum absolute atomic E-state index is 11.4. The van der Waals surface area contributed by atoms with Crippen LogP contribution in [0.25, 0.3) is 0 Å². The zero-order chi connectivity index (χ0) is 13.0. The first kappa shape index (κ1) is 13.3. The zero-order valence-corrected chi connectivity index (χ0v) is 11.0. The average molecular weight is 272 g/mol. The van der Waals surface area contributed by atoms with Crippen LogP contribution in [-0.2, 0) is 27.2 Å². The Labute approximate surface area is 109 Å². The van der Waals surface area contributed by atoms with E-state index < -0.39 is 0 Å². The van der Waals surface area contributed by atoms with Crippen molar-refractivity contribution in [2.24, 2.45) is 0 Å². The van der Waals surface area contributed by atoms with Gasteiger partial charge in [0.15, 0.2) is 0 Å². The summed E-state index contributed by atoms with van der Waals surface area (Å²) in [6, 6.07) is 0. The first-order valence-electron chi connectivity index (χ1n) is 5.77. The van der Waals surface area contributed by atoms with Gasteiger partial charge in [0.05, 0.1) is 26.7 Å². The Morgan fingerprint density at radius 2 is 2.22 bits per heavy atom. The van der Waals surface area contributed by atoms with Crippen LogP contribution >= 0.6 is 11.3 Å². The quantitative estimate of drug-likeness (QED) is 0.780. The van der Waals surface area contributed by atoms with Crippen molar-refractivity contribution in [3.8, 4) is 0 Å². The lowest BCUT2D eigenvalue weighted by atomic mass is 10.2. The highest BCUT2D eigenvalue weighted by molar-refractivity contribution is 7.09. The van der Waals surface area contributed by atoms with Crippen molar-refractivity contribution >= 4 is 17.3 Å². The van der Waals surface area contributed by atoms with Gasteiger partial charge in [0.25, 0.3) is 0 Å². The molecule has 18 heavy (non-hydrogen) atoms. The third-order valence-corrected chi connectivity index (χ3v) is 3.73. The lowest BCUT2D eigenvalue weighted by Gasteiger charge is -2.26. The molecule has 1 aliphatic heterocycles. The molecule has 1 saturated heterocycles. The number of hydrogen-bond acceptors (Lipinski definition) is 6. The Balaban J connectivity index is 2.06. The summed E-state index contributed by atoms with van der Waals surface area (Å²) >= 11 is 1.16. The molecule has 2 rings (SSSR count). The molecule has 6 nitrogen and oxygen atoms in total. The van der Waals surface area contributed by atoms with Gasteiger partial charge in [-0.25, -0.2) is 0 Å². The van der Waals surface area contributed by atoms with Gasteiger partial charge < -0.3 is 14.5 Å². The number of carbonyl (C=O) groups is 1. The molecule has 1 aromatic heterocycles. The molecule has 0 aromatic carbocycles. The number of nitrogens with zero attached hydrogens (tertiary/aromatic N) is 1. The van der Waals surface area contributed by atoms with Crippen LogP contribution in [0.1, 0.15) is 10.6 Å². The Morgan fingerprint density at radius 1 is 1.50 bits per heavy atom. The van der Waals surface area contributed by atoms with Gasteiger partial charge in [-0.3, -0.25) is 14.5 Å². The zero-order valence-electron chi connectivity index (χ0n) is 10.2. The second-order valence-corrected chi connectivity index (χ2v) is 5.13. The molecule has 0 saturated carbocycles. The van der Waals surface area contributed by atoms with E-state index in [0.29, 0.717) is 25.5 Å². The van der Waals surface area contributed by atoms with Crippen molar-refractivity contribution in [2.45, 2.75) is 13.0 Å². The van der Waals surface area contributed by atoms with Crippen molar-refractivity contribution in [1.82, 2.24) is 9.88 Å². The molecule has 1 fully saturated rings. The Hall–Kier alpha value is -1.18. The number of nitrogens with one attached hydrogen (secondary N) is 1. The molecule has 0 spiro atoms. The van der Waals surface area contributed by atoms with Gasteiger partial charge in [0.2, 0.25) is 0 Å². The van der Waals surface area contributed by atoms with Gasteiger partial charge in [-0.05, 0) is 0 Å². The molecule has 0 radical (unpaired) electrons. The molecule has 0 atom stereocenters. The number of H-pyrrole nitrogens is 1. The van der Waals surface area contributed by atoms with Crippen LogP contribution in [0.4, 0.5) is 0 Å². The molecular weight excluding hydrogens is 256 g/mol. The third kappa shape index (κ3) is 3.41. The van der Waals surface area contributed by atoms with Gasteiger partial charge in [0.1, 0.15) is 0 Å². The number of ether oxygens (including phenoxy) is 2. The summed E-state index contributed by atoms with van der Waals surface area (Å²) < 4.78 is 9.89. The summed E-state index contributed by atoms with van der Waals surface area (Å²) in [5.74, 6) is -0.340. The van der Waals surface area contributed by atoms with Gasteiger partial charge in [0, 0.05) is 30.2 Å². The van der Waals surface area contributed by atoms with Crippen molar-refractivity contribution in [2.75, 3.05) is 33.4 Å². The SMILES string of the molecule is COC(=O)Cc1[nH]c(=O)sc1CN1CCOCC1. The van der Waals surface area contributed by atoms with E-state index in [4.69, 9.17) is 4.74 Å². The lowest BCUT2D eigenvalue weighted by molar-refractivity contribution is -0.139. The van der Waals surface area contributed by atoms with Crippen molar-refractivity contribution in [1.29, 1.82) is 0 Å². The van der Waals surface area contributed by atoms with Gasteiger partial charge >= 0.3 is 10.8 Å². The minimum absolute atomic E-state index is 0.120. The summed E-state index contributed by atoms with van der Waals surface area (Å²) in [6.07, 6.45) is 0.120. The highest BCUT2D eigenvalue weighted by Gasteiger charge is 2.17. The number of aromatic nitrogens is 1. The minimum Gasteiger partial charge on any atom is -0.469 e. The fraction of sp³-hybridized carbons (Fsp3) is 0.636. The van der Waals surface area contributed by atoms with Crippen molar-refractivity contribution in [3.05, 3.63) is 20.2 Å². The van der Waals surface area contributed by atoms with E-state index in [1.54, 1.807) is 0 Å². The molecule has 7 heteroatoms. The maximum Gasteiger partial charge on any atom is 0.311 e. The molecule has 1 aromatic rings. The summed E-state index contributed by atoms with van der Waals surface area (Å²) in [6.45, 7) is 3.81. The van der Waals surface area contributed by atoms with Crippen LogP contribution in [0.3, 0.4) is 0 Å². The smallest absolute Gasteiger partial charge is 0.311 e. The first-order valence-corrected chi connectivity index (χ1v) is 6.58. The lowest BCUT2D eigenvalue weighted by Crippen LogP contribution is -2.35. The molecule has 0 bridgehead atoms. The number of morpholine rings is 1. The summed E-state index contributed by atoms with van der Waals surface area (Å²) in [5.41, 5.74) is 0.670. The van der Waals surface area contributed by atoms with E-state index in [0.717, 1.165) is 29.3 Å². The Bertz CT molecular complexity index is 462. The molecule has 0 amide bonds. The highest BCUT2D eigenvalue weighted by Crippen LogP contribution is 2.14. The molecule has 0 aliphatic carbocycles. The largest absolute Gasteiger partial charge is 0.469 e. The van der Waals surface area contributed by atoms with Crippen LogP contribution in [-0.4, -0.2) is 49.3 Å². The molecule has 2 heterocycles. The number of methoxy groups -OCH3 is 1. The Morgan fingerprint density at radius 3 is 2.89 bits per heavy atom. The molecule has 1 aliphatic rings. The Kier molecular flexibility index (Phi) is 4.51. The topological polar surface area (TPSA) is 71.6 Å². The number of carbonyl (C=O) groups excluding carboxylic acids is 1. The second kappa shape index (κ2) is 6.12. The van der Waals surface area contributed by atoms with Crippen LogP contribution in [0, 0.1) is 0 Å². The number of rotatable bonds is 4.